The van der Waals surface area contributed by atoms with Gasteiger partial charge in [0.2, 0.25) is 0 Å². The molecule has 2 aliphatic rings. The Morgan fingerprint density at radius 1 is 1.40 bits per heavy atom. The molecule has 110 valence electrons. The van der Waals surface area contributed by atoms with Crippen molar-refractivity contribution in [3.63, 3.8) is 0 Å². The zero-order valence-electron chi connectivity index (χ0n) is 12.2. The van der Waals surface area contributed by atoms with Crippen LogP contribution in [0.25, 0.3) is 0 Å². The average Bonchev–Trinajstić information content (AvgIpc) is 3.16. The zero-order chi connectivity index (χ0) is 14.1. The molecule has 20 heavy (non-hydrogen) atoms. The third-order valence-corrected chi connectivity index (χ3v) is 4.18. The number of rotatable bonds is 4. The smallest absolute Gasteiger partial charge is 0.273 e. The lowest BCUT2D eigenvalue weighted by atomic mass is 10.0. The third-order valence-electron chi connectivity index (χ3n) is 4.18. The second-order valence-corrected chi connectivity index (χ2v) is 6.22. The van der Waals surface area contributed by atoms with Crippen LogP contribution in [-0.4, -0.2) is 51.0 Å². The molecular weight excluding hydrogens is 254 g/mol. The lowest BCUT2D eigenvalue weighted by Crippen LogP contribution is -2.49. The van der Waals surface area contributed by atoms with Gasteiger partial charge in [-0.3, -0.25) is 9.69 Å². The monoisotopic (exact) mass is 277 g/mol. The van der Waals surface area contributed by atoms with Crippen molar-refractivity contribution in [2.24, 2.45) is 0 Å². The topological polar surface area (TPSA) is 63.1 Å². The highest BCUT2D eigenvalue weighted by atomic mass is 16.2. The molecule has 1 saturated carbocycles. The van der Waals surface area contributed by atoms with Gasteiger partial charge in [-0.1, -0.05) is 5.21 Å². The second-order valence-electron chi connectivity index (χ2n) is 6.22. The minimum atomic E-state index is -0.0903. The number of carbonyl (C=O) groups is 1. The second kappa shape index (κ2) is 5.52. The molecule has 1 aliphatic heterocycles. The van der Waals surface area contributed by atoms with E-state index in [4.69, 9.17) is 0 Å². The summed E-state index contributed by atoms with van der Waals surface area (Å²) >= 11 is 0. The van der Waals surface area contributed by atoms with Crippen LogP contribution in [0, 0.1) is 0 Å². The molecule has 1 atom stereocenters. The van der Waals surface area contributed by atoms with Crippen LogP contribution in [0.1, 0.15) is 56.1 Å². The van der Waals surface area contributed by atoms with Gasteiger partial charge in [0.15, 0.2) is 5.69 Å². The fourth-order valence-corrected chi connectivity index (χ4v) is 2.75. The Labute approximate surface area is 119 Å². The number of aromatic nitrogens is 3. The summed E-state index contributed by atoms with van der Waals surface area (Å²) in [6, 6.07) is 1.23. The van der Waals surface area contributed by atoms with Gasteiger partial charge in [0, 0.05) is 18.6 Å². The van der Waals surface area contributed by atoms with Crippen molar-refractivity contribution < 1.29 is 4.79 Å². The van der Waals surface area contributed by atoms with Gasteiger partial charge < -0.3 is 5.32 Å². The Bertz CT molecular complexity index is 480. The number of nitrogens with one attached hydrogen (secondary N) is 1. The molecule has 6 nitrogen and oxygen atoms in total. The van der Waals surface area contributed by atoms with Crippen molar-refractivity contribution >= 4 is 5.91 Å². The summed E-state index contributed by atoms with van der Waals surface area (Å²) < 4.78 is 1.82. The van der Waals surface area contributed by atoms with Gasteiger partial charge in [-0.2, -0.15) is 0 Å². The molecule has 2 fully saturated rings. The van der Waals surface area contributed by atoms with Crippen molar-refractivity contribution in [1.82, 2.24) is 25.2 Å². The number of amides is 1. The van der Waals surface area contributed by atoms with Crippen molar-refractivity contribution in [3.05, 3.63) is 11.9 Å². The Hall–Kier alpha value is -1.43. The molecule has 1 saturated heterocycles. The van der Waals surface area contributed by atoms with Gasteiger partial charge >= 0.3 is 0 Å². The van der Waals surface area contributed by atoms with Crippen molar-refractivity contribution in [2.75, 3.05) is 13.1 Å². The summed E-state index contributed by atoms with van der Waals surface area (Å²) in [7, 11) is 0. The van der Waals surface area contributed by atoms with Gasteiger partial charge in [-0.15, -0.1) is 5.10 Å². The molecule has 1 aromatic heterocycles. The van der Waals surface area contributed by atoms with E-state index >= 15 is 0 Å². The van der Waals surface area contributed by atoms with Crippen LogP contribution < -0.4 is 5.32 Å². The lowest BCUT2D eigenvalue weighted by molar-refractivity contribution is 0.0881. The molecule has 2 heterocycles. The number of piperidine rings is 1. The van der Waals surface area contributed by atoms with Crippen LogP contribution in [0.5, 0.6) is 0 Å². The summed E-state index contributed by atoms with van der Waals surface area (Å²) in [5.74, 6) is -0.0903. The summed E-state index contributed by atoms with van der Waals surface area (Å²) in [6.07, 6.45) is 6.26. The normalized spacial score (nSPS) is 24.1. The van der Waals surface area contributed by atoms with E-state index in [0.29, 0.717) is 17.8 Å². The minimum absolute atomic E-state index is 0.0903. The predicted molar refractivity (Wildman–Crippen MR) is 75.5 cm³/mol. The Morgan fingerprint density at radius 2 is 2.20 bits per heavy atom. The predicted octanol–water partition coefficient (Wildman–Crippen LogP) is 1.22. The Kier molecular flexibility index (Phi) is 3.74. The molecule has 1 unspecified atom stereocenters. The molecule has 0 radical (unpaired) electrons. The first-order chi connectivity index (χ1) is 9.63. The first kappa shape index (κ1) is 13.5. The van der Waals surface area contributed by atoms with E-state index in [1.165, 1.54) is 0 Å². The number of hydrogen-bond donors (Lipinski definition) is 1. The van der Waals surface area contributed by atoms with E-state index in [0.717, 1.165) is 38.8 Å². The number of hydrogen-bond acceptors (Lipinski definition) is 4. The Morgan fingerprint density at radius 3 is 2.90 bits per heavy atom. The van der Waals surface area contributed by atoms with Crippen LogP contribution in [0.4, 0.5) is 0 Å². The van der Waals surface area contributed by atoms with Gasteiger partial charge in [-0.05, 0) is 46.1 Å². The largest absolute Gasteiger partial charge is 0.347 e. The summed E-state index contributed by atoms with van der Waals surface area (Å²) in [5.41, 5.74) is 0.443. The summed E-state index contributed by atoms with van der Waals surface area (Å²) in [6.45, 7) is 6.46. The van der Waals surface area contributed by atoms with Crippen LogP contribution in [-0.2, 0) is 0 Å². The van der Waals surface area contributed by atoms with E-state index < -0.39 is 0 Å². The molecule has 3 rings (SSSR count). The van der Waals surface area contributed by atoms with Crippen LogP contribution in [0.3, 0.4) is 0 Å². The van der Waals surface area contributed by atoms with Gasteiger partial charge in [0.25, 0.3) is 5.91 Å². The van der Waals surface area contributed by atoms with Crippen LogP contribution in [0.2, 0.25) is 0 Å². The molecule has 1 amide bonds. The maximum absolute atomic E-state index is 12.2. The molecule has 0 spiro atoms. The van der Waals surface area contributed by atoms with Crippen molar-refractivity contribution in [3.8, 4) is 0 Å². The van der Waals surface area contributed by atoms with Crippen molar-refractivity contribution in [2.45, 2.75) is 57.7 Å². The summed E-state index contributed by atoms with van der Waals surface area (Å²) in [5, 5.41) is 11.1. The third kappa shape index (κ3) is 3.00. The average molecular weight is 277 g/mol. The van der Waals surface area contributed by atoms with Crippen molar-refractivity contribution in [1.29, 1.82) is 0 Å². The number of nitrogens with zero attached hydrogens (tertiary/aromatic N) is 4. The fraction of sp³-hybridized carbons (Fsp3) is 0.786. The minimum Gasteiger partial charge on any atom is -0.347 e. The van der Waals surface area contributed by atoms with Crippen LogP contribution in [0.15, 0.2) is 6.20 Å². The fourth-order valence-electron chi connectivity index (χ4n) is 2.75. The highest BCUT2D eigenvalue weighted by molar-refractivity contribution is 5.92. The van der Waals surface area contributed by atoms with Gasteiger partial charge in [0.1, 0.15) is 0 Å². The number of carbonyl (C=O) groups excluding carboxylic acids is 1. The number of likely N-dealkylation sites (tertiary alicyclic amines) is 1. The van der Waals surface area contributed by atoms with E-state index in [9.17, 15) is 4.79 Å². The van der Waals surface area contributed by atoms with E-state index in [2.05, 4.69) is 34.4 Å². The van der Waals surface area contributed by atoms with Crippen LogP contribution >= 0.6 is 0 Å². The Balaban J connectivity index is 1.57. The maximum Gasteiger partial charge on any atom is 0.273 e. The van der Waals surface area contributed by atoms with E-state index in [-0.39, 0.29) is 11.9 Å². The molecule has 0 bridgehead atoms. The summed E-state index contributed by atoms with van der Waals surface area (Å²) in [4.78, 5) is 14.6. The molecule has 1 aliphatic carbocycles. The molecule has 0 aromatic carbocycles. The lowest BCUT2D eigenvalue weighted by Gasteiger charge is -2.35. The standard InChI is InChI=1S/C14H23N5O/c1-10(2)18-7-3-4-11(8-18)15-14(20)13-9-19(17-16-13)12-5-6-12/h9-12H,3-8H2,1-2H3,(H,15,20). The van der Waals surface area contributed by atoms with E-state index in [1.54, 1.807) is 6.20 Å². The molecule has 1 N–H and O–H groups in total. The highest BCUT2D eigenvalue weighted by Crippen LogP contribution is 2.33. The van der Waals surface area contributed by atoms with Gasteiger partial charge in [-0.25, -0.2) is 4.68 Å². The zero-order valence-corrected chi connectivity index (χ0v) is 12.2. The van der Waals surface area contributed by atoms with Gasteiger partial charge in [0.05, 0.1) is 12.2 Å². The molecular formula is C14H23N5O. The molecule has 6 heteroatoms. The first-order valence-corrected chi connectivity index (χ1v) is 7.60. The SMILES string of the molecule is CC(C)N1CCCC(NC(=O)c2cn(C3CC3)nn2)C1. The maximum atomic E-state index is 12.2. The molecule has 1 aromatic rings. The van der Waals surface area contributed by atoms with E-state index in [1.807, 2.05) is 4.68 Å². The quantitative estimate of drug-likeness (QED) is 0.898. The first-order valence-electron chi connectivity index (χ1n) is 7.60. The highest BCUT2D eigenvalue weighted by Gasteiger charge is 2.27.